The van der Waals surface area contributed by atoms with E-state index in [0.717, 1.165) is 19.4 Å². The third-order valence-electron chi connectivity index (χ3n) is 2.97. The highest BCUT2D eigenvalue weighted by Crippen LogP contribution is 2.26. The third-order valence-corrected chi connectivity index (χ3v) is 3.55. The van der Waals surface area contributed by atoms with Gasteiger partial charge in [-0.2, -0.15) is 5.26 Å². The van der Waals surface area contributed by atoms with Crippen molar-refractivity contribution in [2.45, 2.75) is 25.0 Å². The summed E-state index contributed by atoms with van der Waals surface area (Å²) in [7, 11) is 0. The van der Waals surface area contributed by atoms with Gasteiger partial charge in [0.15, 0.2) is 0 Å². The van der Waals surface area contributed by atoms with Crippen LogP contribution in [0.15, 0.2) is 18.2 Å². The highest BCUT2D eigenvalue weighted by atomic mass is 35.5. The molecule has 18 heavy (non-hydrogen) atoms. The molecule has 0 aliphatic carbocycles. The minimum atomic E-state index is -0.458. The van der Waals surface area contributed by atoms with Gasteiger partial charge in [0.05, 0.1) is 12.2 Å². The van der Waals surface area contributed by atoms with Crippen molar-refractivity contribution < 1.29 is 4.74 Å². The number of rotatable bonds is 4. The van der Waals surface area contributed by atoms with E-state index in [2.05, 4.69) is 11.4 Å². The number of nitrogens with one attached hydrogen (secondary N) is 1. The quantitative estimate of drug-likeness (QED) is 0.923. The van der Waals surface area contributed by atoms with Crippen LogP contribution >= 0.6 is 23.2 Å². The zero-order valence-corrected chi connectivity index (χ0v) is 11.3. The van der Waals surface area contributed by atoms with Gasteiger partial charge in [0, 0.05) is 28.8 Å². The Bertz CT molecular complexity index is 453. The van der Waals surface area contributed by atoms with Crippen molar-refractivity contribution >= 4 is 23.2 Å². The fourth-order valence-electron chi connectivity index (χ4n) is 2.02. The van der Waals surface area contributed by atoms with E-state index in [4.69, 9.17) is 27.9 Å². The van der Waals surface area contributed by atoms with E-state index >= 15 is 0 Å². The van der Waals surface area contributed by atoms with Crippen LogP contribution in [0.2, 0.25) is 10.0 Å². The van der Waals surface area contributed by atoms with Crippen LogP contribution in [0.5, 0.6) is 0 Å². The summed E-state index contributed by atoms with van der Waals surface area (Å²) in [5, 5.41) is 13.5. The molecule has 0 saturated carbocycles. The summed E-state index contributed by atoms with van der Waals surface area (Å²) in [6.07, 6.45) is 2.31. The second kappa shape index (κ2) is 6.40. The summed E-state index contributed by atoms with van der Waals surface area (Å²) < 4.78 is 5.51. The highest BCUT2D eigenvalue weighted by molar-refractivity contribution is 6.33. The molecule has 2 rings (SSSR count). The summed E-state index contributed by atoms with van der Waals surface area (Å²) in [5.74, 6) is 0. The number of benzene rings is 1. The lowest BCUT2D eigenvalue weighted by Gasteiger charge is -2.16. The smallest absolute Gasteiger partial charge is 0.122 e. The van der Waals surface area contributed by atoms with E-state index in [-0.39, 0.29) is 6.10 Å². The fraction of sp³-hybridized carbons (Fsp3) is 0.462. The lowest BCUT2D eigenvalue weighted by molar-refractivity contribution is 0.109. The van der Waals surface area contributed by atoms with Crippen molar-refractivity contribution in [1.82, 2.24) is 5.32 Å². The van der Waals surface area contributed by atoms with Gasteiger partial charge in [-0.25, -0.2) is 0 Å². The van der Waals surface area contributed by atoms with Gasteiger partial charge in [-0.15, -0.1) is 0 Å². The number of nitriles is 1. The molecule has 0 bridgehead atoms. The van der Waals surface area contributed by atoms with Crippen molar-refractivity contribution in [2.75, 3.05) is 13.2 Å². The minimum Gasteiger partial charge on any atom is -0.377 e. The number of nitrogens with zero attached hydrogens (tertiary/aromatic N) is 1. The van der Waals surface area contributed by atoms with Gasteiger partial charge in [0.1, 0.15) is 6.04 Å². The van der Waals surface area contributed by atoms with E-state index in [1.807, 2.05) is 0 Å². The Morgan fingerprint density at radius 3 is 3.00 bits per heavy atom. The lowest BCUT2D eigenvalue weighted by Crippen LogP contribution is -2.29. The zero-order valence-electron chi connectivity index (χ0n) is 9.83. The molecule has 1 aromatic carbocycles. The molecule has 1 aromatic rings. The van der Waals surface area contributed by atoms with Crippen molar-refractivity contribution in [2.24, 2.45) is 0 Å². The van der Waals surface area contributed by atoms with Gasteiger partial charge < -0.3 is 4.74 Å². The van der Waals surface area contributed by atoms with Crippen LogP contribution in [0.4, 0.5) is 0 Å². The molecule has 0 spiro atoms. The molecule has 1 fully saturated rings. The van der Waals surface area contributed by atoms with E-state index < -0.39 is 6.04 Å². The summed E-state index contributed by atoms with van der Waals surface area (Å²) in [4.78, 5) is 0. The van der Waals surface area contributed by atoms with Crippen LogP contribution < -0.4 is 5.32 Å². The fourth-order valence-corrected chi connectivity index (χ4v) is 2.42. The molecule has 96 valence electrons. The first-order valence-corrected chi connectivity index (χ1v) is 6.66. The molecule has 0 radical (unpaired) electrons. The summed E-state index contributed by atoms with van der Waals surface area (Å²) in [6.45, 7) is 1.46. The van der Waals surface area contributed by atoms with Crippen molar-refractivity contribution in [3.8, 4) is 6.07 Å². The molecule has 0 amide bonds. The van der Waals surface area contributed by atoms with Gasteiger partial charge in [0.2, 0.25) is 0 Å². The number of hydrogen-bond donors (Lipinski definition) is 1. The second-order valence-electron chi connectivity index (χ2n) is 4.27. The molecule has 0 aromatic heterocycles. The standard InChI is InChI=1S/C13H14Cl2N2O/c14-9-3-4-12(15)11(6-9)13(7-16)17-8-10-2-1-5-18-10/h3-4,6,10,13,17H,1-2,5,8H2. The van der Waals surface area contributed by atoms with Gasteiger partial charge in [-0.05, 0) is 31.0 Å². The molecule has 1 heterocycles. The molecule has 1 aliphatic heterocycles. The normalized spacial score (nSPS) is 20.6. The van der Waals surface area contributed by atoms with Crippen LogP contribution in [-0.4, -0.2) is 19.3 Å². The SMILES string of the molecule is N#CC(NCC1CCCO1)c1cc(Cl)ccc1Cl. The molecular weight excluding hydrogens is 271 g/mol. The maximum Gasteiger partial charge on any atom is 0.122 e. The Morgan fingerprint density at radius 1 is 1.50 bits per heavy atom. The van der Waals surface area contributed by atoms with Crippen molar-refractivity contribution in [1.29, 1.82) is 5.26 Å². The Labute approximate surface area is 117 Å². The van der Waals surface area contributed by atoms with E-state index in [1.165, 1.54) is 0 Å². The molecular formula is C13H14Cl2N2O. The monoisotopic (exact) mass is 284 g/mol. The van der Waals surface area contributed by atoms with Crippen LogP contribution in [0.25, 0.3) is 0 Å². The molecule has 3 nitrogen and oxygen atoms in total. The molecule has 1 aliphatic rings. The predicted octanol–water partition coefficient (Wildman–Crippen LogP) is 3.33. The van der Waals surface area contributed by atoms with E-state index in [1.54, 1.807) is 18.2 Å². The van der Waals surface area contributed by atoms with Gasteiger partial charge >= 0.3 is 0 Å². The van der Waals surface area contributed by atoms with Crippen LogP contribution in [0.1, 0.15) is 24.4 Å². The number of hydrogen-bond acceptors (Lipinski definition) is 3. The topological polar surface area (TPSA) is 45.0 Å². The Morgan fingerprint density at radius 2 is 2.33 bits per heavy atom. The maximum atomic E-state index is 9.21. The summed E-state index contributed by atoms with van der Waals surface area (Å²) >= 11 is 12.0. The van der Waals surface area contributed by atoms with Crippen LogP contribution in [0.3, 0.4) is 0 Å². The average molecular weight is 285 g/mol. The first-order chi connectivity index (χ1) is 8.70. The molecule has 2 atom stereocenters. The summed E-state index contributed by atoms with van der Waals surface area (Å²) in [5.41, 5.74) is 0.713. The Balaban J connectivity index is 2.03. The highest BCUT2D eigenvalue weighted by Gasteiger charge is 2.19. The van der Waals surface area contributed by atoms with Gasteiger partial charge in [0.25, 0.3) is 0 Å². The van der Waals surface area contributed by atoms with Gasteiger partial charge in [-0.1, -0.05) is 23.2 Å². The Hall–Kier alpha value is -0.790. The molecule has 1 N–H and O–H groups in total. The average Bonchev–Trinajstić information content (AvgIpc) is 2.87. The molecule has 1 saturated heterocycles. The van der Waals surface area contributed by atoms with Crippen molar-refractivity contribution in [3.05, 3.63) is 33.8 Å². The zero-order chi connectivity index (χ0) is 13.0. The first-order valence-electron chi connectivity index (χ1n) is 5.90. The minimum absolute atomic E-state index is 0.193. The molecule has 5 heteroatoms. The van der Waals surface area contributed by atoms with E-state index in [0.29, 0.717) is 22.2 Å². The number of halogens is 2. The molecule has 2 unspecified atom stereocenters. The predicted molar refractivity (Wildman–Crippen MR) is 71.8 cm³/mol. The van der Waals surface area contributed by atoms with Crippen LogP contribution in [-0.2, 0) is 4.74 Å². The second-order valence-corrected chi connectivity index (χ2v) is 5.11. The first kappa shape index (κ1) is 13.6. The van der Waals surface area contributed by atoms with Crippen molar-refractivity contribution in [3.63, 3.8) is 0 Å². The number of ether oxygens (including phenoxy) is 1. The Kier molecular flexibility index (Phi) is 4.85. The maximum absolute atomic E-state index is 9.21. The van der Waals surface area contributed by atoms with Crippen LogP contribution in [0, 0.1) is 11.3 Å². The largest absolute Gasteiger partial charge is 0.377 e. The van der Waals surface area contributed by atoms with E-state index in [9.17, 15) is 5.26 Å². The van der Waals surface area contributed by atoms with Gasteiger partial charge in [-0.3, -0.25) is 5.32 Å². The third kappa shape index (κ3) is 3.37. The lowest BCUT2D eigenvalue weighted by atomic mass is 10.1. The summed E-state index contributed by atoms with van der Waals surface area (Å²) in [6, 6.07) is 6.88.